The molecule has 0 aliphatic carbocycles. The van der Waals surface area contributed by atoms with Crippen molar-refractivity contribution in [3.63, 3.8) is 0 Å². The molecule has 0 aromatic carbocycles. The minimum atomic E-state index is -0.844. The first-order valence-electron chi connectivity index (χ1n) is 4.55. The molecule has 0 saturated heterocycles. The van der Waals surface area contributed by atoms with Gasteiger partial charge in [-0.25, -0.2) is 0 Å². The van der Waals surface area contributed by atoms with Crippen LogP contribution in [-0.4, -0.2) is 22.1 Å². The van der Waals surface area contributed by atoms with Crippen LogP contribution in [0.5, 0.6) is 0 Å². The summed E-state index contributed by atoms with van der Waals surface area (Å²) in [6.45, 7) is 0. The Labute approximate surface area is 82.8 Å². The van der Waals surface area contributed by atoms with Gasteiger partial charge in [-0.15, -0.1) is 0 Å². The number of hydrogen-bond acceptors (Lipinski definition) is 3. The van der Waals surface area contributed by atoms with Gasteiger partial charge in [-0.1, -0.05) is 6.07 Å². The van der Waals surface area contributed by atoms with E-state index in [1.165, 1.54) is 0 Å². The quantitative estimate of drug-likeness (QED) is 0.727. The van der Waals surface area contributed by atoms with Crippen LogP contribution >= 0.6 is 0 Å². The van der Waals surface area contributed by atoms with E-state index in [0.29, 0.717) is 6.42 Å². The molecule has 1 unspecified atom stereocenters. The first-order chi connectivity index (χ1) is 6.68. The monoisotopic (exact) mass is 194 g/mol. The molecule has 4 heteroatoms. The largest absolute Gasteiger partial charge is 0.481 e. The van der Waals surface area contributed by atoms with Gasteiger partial charge in [-0.2, -0.15) is 0 Å². The molecule has 0 aliphatic rings. The summed E-state index contributed by atoms with van der Waals surface area (Å²) in [5.74, 6) is -0.844. The van der Waals surface area contributed by atoms with Gasteiger partial charge in [0.1, 0.15) is 0 Å². The molecule has 0 bridgehead atoms. The Bertz CT molecular complexity index is 287. The molecule has 1 atom stereocenters. The van der Waals surface area contributed by atoms with Crippen LogP contribution in [0, 0.1) is 0 Å². The van der Waals surface area contributed by atoms with Gasteiger partial charge >= 0.3 is 5.97 Å². The summed E-state index contributed by atoms with van der Waals surface area (Å²) in [5.41, 5.74) is 6.71. The minimum Gasteiger partial charge on any atom is -0.481 e. The minimum absolute atomic E-state index is 0.0280. The number of nitrogens with two attached hydrogens (primary N) is 1. The van der Waals surface area contributed by atoms with Crippen LogP contribution in [0.3, 0.4) is 0 Å². The number of hydrogen-bond donors (Lipinski definition) is 2. The van der Waals surface area contributed by atoms with Crippen LogP contribution in [0.15, 0.2) is 24.5 Å². The van der Waals surface area contributed by atoms with Crippen molar-refractivity contribution in [3.8, 4) is 0 Å². The molecule has 0 fully saturated rings. The average Bonchev–Trinajstić information content (AvgIpc) is 2.15. The van der Waals surface area contributed by atoms with Crippen LogP contribution in [0.25, 0.3) is 0 Å². The van der Waals surface area contributed by atoms with E-state index in [0.717, 1.165) is 12.0 Å². The predicted molar refractivity (Wildman–Crippen MR) is 52.8 cm³/mol. The molecule has 4 nitrogen and oxygen atoms in total. The highest BCUT2D eigenvalue weighted by molar-refractivity contribution is 5.67. The molecule has 1 rings (SSSR count). The van der Waals surface area contributed by atoms with E-state index in [2.05, 4.69) is 4.98 Å². The number of carboxylic acid groups (broad SMARTS) is 1. The first-order valence-corrected chi connectivity index (χ1v) is 4.55. The smallest absolute Gasteiger partial charge is 0.304 e. The number of pyridine rings is 1. The van der Waals surface area contributed by atoms with Gasteiger partial charge in [0.2, 0.25) is 0 Å². The van der Waals surface area contributed by atoms with Crippen LogP contribution in [0.4, 0.5) is 0 Å². The maximum absolute atomic E-state index is 10.3. The van der Waals surface area contributed by atoms with Crippen LogP contribution < -0.4 is 5.73 Å². The van der Waals surface area contributed by atoms with Crippen molar-refractivity contribution < 1.29 is 9.90 Å². The molecule has 0 saturated carbocycles. The van der Waals surface area contributed by atoms with Gasteiger partial charge < -0.3 is 10.8 Å². The van der Waals surface area contributed by atoms with E-state index in [1.807, 2.05) is 12.1 Å². The molecule has 0 aliphatic heterocycles. The summed E-state index contributed by atoms with van der Waals surface area (Å²) in [7, 11) is 0. The highest BCUT2D eigenvalue weighted by atomic mass is 16.4. The van der Waals surface area contributed by atoms with Crippen LogP contribution in [0.1, 0.15) is 18.4 Å². The molecule has 14 heavy (non-hydrogen) atoms. The van der Waals surface area contributed by atoms with Gasteiger partial charge in [0.05, 0.1) is 6.42 Å². The fourth-order valence-electron chi connectivity index (χ4n) is 1.22. The second-order valence-electron chi connectivity index (χ2n) is 3.26. The maximum atomic E-state index is 10.3. The van der Waals surface area contributed by atoms with Crippen molar-refractivity contribution in [1.29, 1.82) is 0 Å². The van der Waals surface area contributed by atoms with Gasteiger partial charge in [0, 0.05) is 18.4 Å². The van der Waals surface area contributed by atoms with Crippen molar-refractivity contribution >= 4 is 5.97 Å². The van der Waals surface area contributed by atoms with Gasteiger partial charge in [0.25, 0.3) is 0 Å². The summed E-state index contributed by atoms with van der Waals surface area (Å²) in [6.07, 6.45) is 4.97. The Balaban J connectivity index is 2.30. The van der Waals surface area contributed by atoms with E-state index in [1.54, 1.807) is 12.4 Å². The van der Waals surface area contributed by atoms with Crippen molar-refractivity contribution in [2.45, 2.75) is 25.3 Å². The summed E-state index contributed by atoms with van der Waals surface area (Å²) in [6, 6.07) is 3.55. The molecule has 1 aromatic heterocycles. The lowest BCUT2D eigenvalue weighted by Crippen LogP contribution is -2.24. The van der Waals surface area contributed by atoms with E-state index in [-0.39, 0.29) is 12.5 Å². The van der Waals surface area contributed by atoms with Crippen LogP contribution in [-0.2, 0) is 11.2 Å². The summed E-state index contributed by atoms with van der Waals surface area (Å²) in [4.78, 5) is 14.3. The molecular formula is C10H14N2O2. The lowest BCUT2D eigenvalue weighted by molar-refractivity contribution is -0.137. The highest BCUT2D eigenvalue weighted by Gasteiger charge is 2.07. The molecular weight excluding hydrogens is 180 g/mol. The van der Waals surface area contributed by atoms with Gasteiger partial charge in [-0.05, 0) is 24.5 Å². The fraction of sp³-hybridized carbons (Fsp3) is 0.400. The fourth-order valence-corrected chi connectivity index (χ4v) is 1.22. The van der Waals surface area contributed by atoms with Crippen molar-refractivity contribution in [3.05, 3.63) is 30.1 Å². The Morgan fingerprint density at radius 2 is 2.43 bits per heavy atom. The molecule has 0 spiro atoms. The second kappa shape index (κ2) is 5.34. The van der Waals surface area contributed by atoms with Gasteiger partial charge in [-0.3, -0.25) is 9.78 Å². The van der Waals surface area contributed by atoms with Gasteiger partial charge in [0.15, 0.2) is 0 Å². The summed E-state index contributed by atoms with van der Waals surface area (Å²) < 4.78 is 0. The number of nitrogens with zero attached hydrogens (tertiary/aromatic N) is 1. The second-order valence-corrected chi connectivity index (χ2v) is 3.26. The number of aryl methyl sites for hydroxylation is 1. The Hall–Kier alpha value is -1.42. The van der Waals surface area contributed by atoms with Crippen molar-refractivity contribution in [2.75, 3.05) is 0 Å². The third-order valence-corrected chi connectivity index (χ3v) is 1.96. The predicted octanol–water partition coefficient (Wildman–Crippen LogP) is 0.816. The Morgan fingerprint density at radius 1 is 1.64 bits per heavy atom. The topological polar surface area (TPSA) is 76.2 Å². The van der Waals surface area contributed by atoms with E-state index < -0.39 is 5.97 Å². The number of aromatic nitrogens is 1. The molecule has 0 radical (unpaired) electrons. The number of aliphatic carboxylic acids is 1. The zero-order valence-electron chi connectivity index (χ0n) is 7.89. The maximum Gasteiger partial charge on any atom is 0.304 e. The standard InChI is InChI=1S/C10H14N2O2/c11-9(6-10(13)14)4-3-8-2-1-5-12-7-8/h1-2,5,7,9H,3-4,6,11H2,(H,13,14). The molecule has 1 aromatic rings. The highest BCUT2D eigenvalue weighted by Crippen LogP contribution is 2.04. The molecule has 1 heterocycles. The first kappa shape index (κ1) is 10.7. The molecule has 3 N–H and O–H groups in total. The third kappa shape index (κ3) is 4.00. The molecule has 0 amide bonds. The average molecular weight is 194 g/mol. The summed E-state index contributed by atoms with van der Waals surface area (Å²) >= 11 is 0. The number of carboxylic acids is 1. The van der Waals surface area contributed by atoms with E-state index in [4.69, 9.17) is 10.8 Å². The summed E-state index contributed by atoms with van der Waals surface area (Å²) in [5, 5.41) is 8.49. The van der Waals surface area contributed by atoms with Crippen molar-refractivity contribution in [2.24, 2.45) is 5.73 Å². The van der Waals surface area contributed by atoms with Crippen molar-refractivity contribution in [1.82, 2.24) is 4.98 Å². The SMILES string of the molecule is NC(CCc1cccnc1)CC(=O)O. The Kier molecular flexibility index (Phi) is 4.07. The van der Waals surface area contributed by atoms with E-state index in [9.17, 15) is 4.79 Å². The zero-order chi connectivity index (χ0) is 10.4. The number of carbonyl (C=O) groups is 1. The zero-order valence-corrected chi connectivity index (χ0v) is 7.89. The lowest BCUT2D eigenvalue weighted by Gasteiger charge is -2.07. The van der Waals surface area contributed by atoms with Crippen LogP contribution in [0.2, 0.25) is 0 Å². The Morgan fingerprint density at radius 3 is 3.00 bits per heavy atom. The normalized spacial score (nSPS) is 12.4. The third-order valence-electron chi connectivity index (χ3n) is 1.96. The lowest BCUT2D eigenvalue weighted by atomic mass is 10.1. The molecule has 76 valence electrons. The van der Waals surface area contributed by atoms with E-state index >= 15 is 0 Å². The number of rotatable bonds is 5.